The van der Waals surface area contributed by atoms with Crippen molar-refractivity contribution in [3.05, 3.63) is 29.6 Å². The monoisotopic (exact) mass is 303 g/mol. The number of aliphatic carboxylic acids is 1. The predicted octanol–water partition coefficient (Wildman–Crippen LogP) is 1.43. The summed E-state index contributed by atoms with van der Waals surface area (Å²) in [5.74, 6) is -2.06. The summed E-state index contributed by atoms with van der Waals surface area (Å²) in [5.41, 5.74) is 1.96. The zero-order valence-electron chi connectivity index (χ0n) is 13.0. The van der Waals surface area contributed by atoms with E-state index in [0.29, 0.717) is 0 Å². The fraction of sp³-hybridized carbons (Fsp3) is 0.562. The van der Waals surface area contributed by atoms with Gasteiger partial charge in [-0.05, 0) is 32.1 Å². The molecule has 6 nitrogen and oxygen atoms in total. The van der Waals surface area contributed by atoms with Crippen LogP contribution in [-0.2, 0) is 16.6 Å². The summed E-state index contributed by atoms with van der Waals surface area (Å²) in [5, 5.41) is 16.6. The van der Waals surface area contributed by atoms with Gasteiger partial charge in [-0.15, -0.1) is 0 Å². The summed E-state index contributed by atoms with van der Waals surface area (Å²) >= 11 is 0. The molecule has 22 heavy (non-hydrogen) atoms. The fourth-order valence-corrected chi connectivity index (χ4v) is 3.84. The van der Waals surface area contributed by atoms with Gasteiger partial charge in [0.2, 0.25) is 5.91 Å². The second kappa shape index (κ2) is 5.26. The molecule has 2 aliphatic rings. The highest BCUT2D eigenvalue weighted by atomic mass is 16.4. The minimum Gasteiger partial charge on any atom is -0.481 e. The quantitative estimate of drug-likeness (QED) is 0.824. The van der Waals surface area contributed by atoms with Gasteiger partial charge in [0, 0.05) is 18.3 Å². The summed E-state index contributed by atoms with van der Waals surface area (Å²) in [6.07, 6.45) is 6.46. The average molecular weight is 303 g/mol. The number of carbonyl (C=O) groups excluding carboxylic acids is 1. The van der Waals surface area contributed by atoms with E-state index in [2.05, 4.69) is 10.4 Å². The lowest BCUT2D eigenvalue weighted by molar-refractivity contribution is -0.148. The van der Waals surface area contributed by atoms with Gasteiger partial charge >= 0.3 is 5.97 Å². The summed E-state index contributed by atoms with van der Waals surface area (Å²) in [6, 6.07) is -0.182. The van der Waals surface area contributed by atoms with Gasteiger partial charge in [0.05, 0.1) is 24.1 Å². The maximum Gasteiger partial charge on any atom is 0.307 e. The Balaban J connectivity index is 1.75. The number of nitrogens with zero attached hydrogens (tertiary/aromatic N) is 2. The Bertz CT molecular complexity index is 649. The maximum absolute atomic E-state index is 12.6. The van der Waals surface area contributed by atoms with Crippen molar-refractivity contribution in [3.63, 3.8) is 0 Å². The molecule has 1 saturated carbocycles. The number of hydrogen-bond donors (Lipinski definition) is 2. The van der Waals surface area contributed by atoms with E-state index >= 15 is 0 Å². The molecule has 118 valence electrons. The van der Waals surface area contributed by atoms with Crippen molar-refractivity contribution < 1.29 is 14.7 Å². The SMILES string of the molecule is Cc1c([C@H](C)NC(=O)[C@@H]2[C@H](C(=O)O)[C@H]3C=C[C@H]2C3)cnn1C. The summed E-state index contributed by atoms with van der Waals surface area (Å²) in [4.78, 5) is 24.1. The van der Waals surface area contributed by atoms with Crippen LogP contribution in [0.25, 0.3) is 0 Å². The van der Waals surface area contributed by atoms with Crippen LogP contribution in [0.3, 0.4) is 0 Å². The molecule has 1 fully saturated rings. The normalized spacial score (nSPS) is 30.5. The molecule has 1 aromatic heterocycles. The Kier molecular flexibility index (Phi) is 3.54. The lowest BCUT2D eigenvalue weighted by Crippen LogP contribution is -2.41. The van der Waals surface area contributed by atoms with E-state index in [0.717, 1.165) is 17.7 Å². The number of allylic oxidation sites excluding steroid dienone is 2. The van der Waals surface area contributed by atoms with E-state index in [9.17, 15) is 14.7 Å². The number of carboxylic acids is 1. The highest BCUT2D eigenvalue weighted by Gasteiger charge is 2.51. The van der Waals surface area contributed by atoms with Gasteiger partial charge in [-0.1, -0.05) is 12.2 Å². The van der Waals surface area contributed by atoms with E-state index in [1.165, 1.54) is 0 Å². The van der Waals surface area contributed by atoms with Crippen LogP contribution in [0.2, 0.25) is 0 Å². The van der Waals surface area contributed by atoms with Crippen LogP contribution in [0.1, 0.15) is 30.6 Å². The van der Waals surface area contributed by atoms with Crippen molar-refractivity contribution in [2.45, 2.75) is 26.3 Å². The lowest BCUT2D eigenvalue weighted by Gasteiger charge is -2.25. The first-order chi connectivity index (χ1) is 10.4. The number of aromatic nitrogens is 2. The summed E-state index contributed by atoms with van der Waals surface area (Å²) < 4.78 is 1.76. The van der Waals surface area contributed by atoms with Crippen LogP contribution >= 0.6 is 0 Å². The Labute approximate surface area is 129 Å². The molecule has 1 aromatic rings. The molecule has 0 radical (unpaired) electrons. The largest absolute Gasteiger partial charge is 0.481 e. The molecule has 0 unspecified atom stereocenters. The molecule has 5 atom stereocenters. The number of amides is 1. The van der Waals surface area contributed by atoms with E-state index in [-0.39, 0.29) is 23.8 Å². The zero-order chi connectivity index (χ0) is 16.0. The molecule has 0 saturated heterocycles. The third kappa shape index (κ3) is 2.23. The first-order valence-electron chi connectivity index (χ1n) is 7.60. The molecule has 0 spiro atoms. The zero-order valence-corrected chi connectivity index (χ0v) is 13.0. The number of rotatable bonds is 4. The highest BCUT2D eigenvalue weighted by molar-refractivity contribution is 5.87. The molecule has 2 N–H and O–H groups in total. The van der Waals surface area contributed by atoms with Crippen molar-refractivity contribution in [2.24, 2.45) is 30.7 Å². The molecule has 2 aliphatic carbocycles. The summed E-state index contributed by atoms with van der Waals surface area (Å²) in [6.45, 7) is 3.85. The van der Waals surface area contributed by atoms with E-state index in [1.54, 1.807) is 10.9 Å². The second-order valence-electron chi connectivity index (χ2n) is 6.38. The number of carboxylic acid groups (broad SMARTS) is 1. The summed E-state index contributed by atoms with van der Waals surface area (Å²) in [7, 11) is 1.86. The Hall–Kier alpha value is -2.11. The number of fused-ring (bicyclic) bond motifs is 2. The maximum atomic E-state index is 12.6. The van der Waals surface area contributed by atoms with Crippen LogP contribution in [0.4, 0.5) is 0 Å². The van der Waals surface area contributed by atoms with Gasteiger partial charge < -0.3 is 10.4 Å². The van der Waals surface area contributed by atoms with Gasteiger partial charge in [0.15, 0.2) is 0 Å². The van der Waals surface area contributed by atoms with E-state index in [4.69, 9.17) is 0 Å². The molecule has 0 aliphatic heterocycles. The van der Waals surface area contributed by atoms with Crippen molar-refractivity contribution >= 4 is 11.9 Å². The van der Waals surface area contributed by atoms with Crippen molar-refractivity contribution in [1.82, 2.24) is 15.1 Å². The van der Waals surface area contributed by atoms with Crippen LogP contribution in [0.5, 0.6) is 0 Å². The molecular weight excluding hydrogens is 282 g/mol. The molecular formula is C16H21N3O3. The minimum atomic E-state index is -0.873. The third-order valence-corrected chi connectivity index (χ3v) is 5.15. The molecule has 2 bridgehead atoms. The van der Waals surface area contributed by atoms with Crippen molar-refractivity contribution in [2.75, 3.05) is 0 Å². The van der Waals surface area contributed by atoms with Gasteiger partial charge in [0.25, 0.3) is 0 Å². The third-order valence-electron chi connectivity index (χ3n) is 5.15. The van der Waals surface area contributed by atoms with E-state index in [1.807, 2.05) is 33.0 Å². The topological polar surface area (TPSA) is 84.2 Å². The molecule has 6 heteroatoms. The smallest absolute Gasteiger partial charge is 0.307 e. The standard InChI is InChI=1S/C16H21N3O3/c1-8(12-7-17-19(3)9(12)2)18-15(20)13-10-4-5-11(6-10)14(13)16(21)22/h4-5,7-8,10-11,13-14H,6H2,1-3H3,(H,18,20)(H,21,22)/t8-,10-,11-,13-,14+/m0/s1. The molecule has 1 amide bonds. The first-order valence-corrected chi connectivity index (χ1v) is 7.60. The second-order valence-corrected chi connectivity index (χ2v) is 6.38. The Morgan fingerprint density at radius 1 is 1.36 bits per heavy atom. The lowest BCUT2D eigenvalue weighted by atomic mass is 9.82. The number of nitrogens with one attached hydrogen (secondary N) is 1. The Morgan fingerprint density at radius 2 is 2.00 bits per heavy atom. The van der Waals surface area contributed by atoms with Crippen LogP contribution in [0, 0.1) is 30.6 Å². The van der Waals surface area contributed by atoms with Crippen LogP contribution in [-0.4, -0.2) is 26.8 Å². The van der Waals surface area contributed by atoms with Crippen molar-refractivity contribution in [1.29, 1.82) is 0 Å². The van der Waals surface area contributed by atoms with Gasteiger partial charge in [-0.3, -0.25) is 14.3 Å². The predicted molar refractivity (Wildman–Crippen MR) is 79.9 cm³/mol. The fourth-order valence-electron chi connectivity index (χ4n) is 3.84. The van der Waals surface area contributed by atoms with Gasteiger partial charge in [-0.2, -0.15) is 5.10 Å². The molecule has 1 heterocycles. The van der Waals surface area contributed by atoms with Crippen molar-refractivity contribution in [3.8, 4) is 0 Å². The number of carbonyl (C=O) groups is 2. The van der Waals surface area contributed by atoms with Gasteiger partial charge in [-0.25, -0.2) is 0 Å². The molecule has 3 rings (SSSR count). The molecule has 0 aromatic carbocycles. The van der Waals surface area contributed by atoms with E-state index < -0.39 is 17.8 Å². The number of hydrogen-bond acceptors (Lipinski definition) is 3. The van der Waals surface area contributed by atoms with Crippen LogP contribution in [0.15, 0.2) is 18.3 Å². The number of aryl methyl sites for hydroxylation is 1. The minimum absolute atomic E-state index is 0.00585. The first kappa shape index (κ1) is 14.8. The van der Waals surface area contributed by atoms with Gasteiger partial charge in [0.1, 0.15) is 0 Å². The highest BCUT2D eigenvalue weighted by Crippen LogP contribution is 2.48. The average Bonchev–Trinajstić information content (AvgIpc) is 3.14. The Morgan fingerprint density at radius 3 is 2.55 bits per heavy atom. The van der Waals surface area contributed by atoms with Crippen LogP contribution < -0.4 is 5.32 Å².